The minimum absolute atomic E-state index is 0.146. The Balaban J connectivity index is 1.65. The van der Waals surface area contributed by atoms with E-state index >= 15 is 0 Å². The number of nitrogens with two attached hydrogens (primary N) is 1. The number of benzene rings is 1. The lowest BCUT2D eigenvalue weighted by molar-refractivity contribution is -0.121. The fraction of sp³-hybridized carbons (Fsp3) is 0.235. The van der Waals surface area contributed by atoms with Crippen molar-refractivity contribution in [1.29, 1.82) is 0 Å². The number of carbonyl (C=O) groups is 2. The van der Waals surface area contributed by atoms with Gasteiger partial charge in [-0.15, -0.1) is 0 Å². The van der Waals surface area contributed by atoms with Crippen LogP contribution >= 0.6 is 0 Å². The molecule has 23 heavy (non-hydrogen) atoms. The molecule has 1 aliphatic heterocycles. The number of rotatable bonds is 4. The first-order valence-electron chi connectivity index (χ1n) is 7.41. The van der Waals surface area contributed by atoms with E-state index in [-0.39, 0.29) is 17.7 Å². The van der Waals surface area contributed by atoms with Crippen LogP contribution < -0.4 is 10.5 Å². The molecule has 1 aromatic carbocycles. The third kappa shape index (κ3) is 3.48. The van der Waals surface area contributed by atoms with Gasteiger partial charge in [0.15, 0.2) is 0 Å². The second kappa shape index (κ2) is 6.48. The molecular weight excluding hydrogens is 294 g/mol. The van der Waals surface area contributed by atoms with Gasteiger partial charge in [0, 0.05) is 25.4 Å². The summed E-state index contributed by atoms with van der Waals surface area (Å²) in [6.45, 7) is 0.908. The van der Waals surface area contributed by atoms with Crippen LogP contribution in [0.3, 0.4) is 0 Å². The molecule has 0 aliphatic carbocycles. The minimum Gasteiger partial charge on any atom is -0.439 e. The smallest absolute Gasteiger partial charge is 0.255 e. The predicted octanol–water partition coefficient (Wildman–Crippen LogP) is 1.82. The Morgan fingerprint density at radius 1 is 1.17 bits per heavy atom. The first-order valence-corrected chi connectivity index (χ1v) is 7.41. The molecule has 2 heterocycles. The van der Waals surface area contributed by atoms with Crippen molar-refractivity contribution in [2.24, 2.45) is 11.7 Å². The van der Waals surface area contributed by atoms with E-state index in [1.54, 1.807) is 17.0 Å². The highest BCUT2D eigenvalue weighted by Gasteiger charge is 2.30. The van der Waals surface area contributed by atoms with Crippen molar-refractivity contribution in [1.82, 2.24) is 9.88 Å². The van der Waals surface area contributed by atoms with Gasteiger partial charge in [-0.3, -0.25) is 9.59 Å². The molecule has 0 bridgehead atoms. The molecule has 118 valence electrons. The summed E-state index contributed by atoms with van der Waals surface area (Å²) in [5, 5.41) is 0. The lowest BCUT2D eigenvalue weighted by Gasteiger charge is -2.15. The van der Waals surface area contributed by atoms with Gasteiger partial charge in [-0.25, -0.2) is 4.98 Å². The zero-order chi connectivity index (χ0) is 16.2. The third-order valence-corrected chi connectivity index (χ3v) is 3.83. The van der Waals surface area contributed by atoms with Gasteiger partial charge in [-0.1, -0.05) is 18.2 Å². The Hall–Kier alpha value is -2.89. The first-order chi connectivity index (χ1) is 11.1. The summed E-state index contributed by atoms with van der Waals surface area (Å²) in [4.78, 5) is 29.3. The number of nitrogens with zero attached hydrogens (tertiary/aromatic N) is 2. The Labute approximate surface area is 133 Å². The molecule has 1 saturated heterocycles. The van der Waals surface area contributed by atoms with Gasteiger partial charge in [0.1, 0.15) is 5.75 Å². The molecule has 2 aromatic rings. The zero-order valence-electron chi connectivity index (χ0n) is 12.5. The van der Waals surface area contributed by atoms with Crippen molar-refractivity contribution < 1.29 is 14.3 Å². The normalized spacial score (nSPS) is 17.0. The van der Waals surface area contributed by atoms with Crippen LogP contribution in [0.15, 0.2) is 48.7 Å². The first kappa shape index (κ1) is 15.0. The molecule has 1 aromatic heterocycles. The third-order valence-electron chi connectivity index (χ3n) is 3.83. The quantitative estimate of drug-likeness (QED) is 0.933. The fourth-order valence-corrected chi connectivity index (χ4v) is 2.54. The van der Waals surface area contributed by atoms with Gasteiger partial charge >= 0.3 is 0 Å². The van der Waals surface area contributed by atoms with E-state index in [4.69, 9.17) is 10.5 Å². The highest BCUT2D eigenvalue weighted by molar-refractivity contribution is 5.94. The maximum absolute atomic E-state index is 12.4. The Bertz CT molecular complexity index is 701. The molecule has 0 radical (unpaired) electrons. The van der Waals surface area contributed by atoms with E-state index in [1.165, 1.54) is 6.20 Å². The molecule has 2 amide bonds. The van der Waals surface area contributed by atoms with Crippen LogP contribution in [0, 0.1) is 5.92 Å². The summed E-state index contributed by atoms with van der Waals surface area (Å²) in [5.41, 5.74) is 5.75. The topological polar surface area (TPSA) is 85.5 Å². The van der Waals surface area contributed by atoms with Crippen molar-refractivity contribution in [3.63, 3.8) is 0 Å². The zero-order valence-corrected chi connectivity index (χ0v) is 12.5. The average Bonchev–Trinajstić information content (AvgIpc) is 3.06. The number of likely N-dealkylation sites (tertiary alicyclic amines) is 1. The van der Waals surface area contributed by atoms with E-state index in [9.17, 15) is 9.59 Å². The van der Waals surface area contributed by atoms with Crippen LogP contribution in [-0.4, -0.2) is 34.8 Å². The molecule has 1 atom stereocenters. The fourth-order valence-electron chi connectivity index (χ4n) is 2.54. The number of aromatic nitrogens is 1. The van der Waals surface area contributed by atoms with E-state index in [1.807, 2.05) is 30.3 Å². The number of ether oxygens (including phenoxy) is 1. The van der Waals surface area contributed by atoms with Crippen molar-refractivity contribution in [3.8, 4) is 11.6 Å². The van der Waals surface area contributed by atoms with Crippen molar-refractivity contribution in [2.75, 3.05) is 13.1 Å². The number of para-hydroxylation sites is 1. The van der Waals surface area contributed by atoms with Crippen LogP contribution in [0.4, 0.5) is 0 Å². The van der Waals surface area contributed by atoms with Gasteiger partial charge in [0.25, 0.3) is 5.91 Å². The number of pyridine rings is 1. The molecule has 2 N–H and O–H groups in total. The van der Waals surface area contributed by atoms with Gasteiger partial charge in [0.2, 0.25) is 11.8 Å². The highest BCUT2D eigenvalue weighted by Crippen LogP contribution is 2.21. The number of primary amides is 1. The van der Waals surface area contributed by atoms with Crippen molar-refractivity contribution in [3.05, 3.63) is 54.2 Å². The van der Waals surface area contributed by atoms with Gasteiger partial charge in [-0.05, 0) is 24.6 Å². The molecule has 1 fully saturated rings. The SMILES string of the molecule is NC(=O)[C@@H]1CCN(C(=O)c2ccc(Oc3ccccc3)nc2)C1. The Kier molecular flexibility index (Phi) is 4.23. The summed E-state index contributed by atoms with van der Waals surface area (Å²) in [5.74, 6) is 0.345. The largest absolute Gasteiger partial charge is 0.439 e. The summed E-state index contributed by atoms with van der Waals surface area (Å²) in [6, 6.07) is 12.6. The van der Waals surface area contributed by atoms with Gasteiger partial charge in [-0.2, -0.15) is 0 Å². The highest BCUT2D eigenvalue weighted by atomic mass is 16.5. The molecule has 6 nitrogen and oxygen atoms in total. The molecule has 0 saturated carbocycles. The minimum atomic E-state index is -0.356. The Morgan fingerprint density at radius 2 is 1.96 bits per heavy atom. The summed E-state index contributed by atoms with van der Waals surface area (Å²) < 4.78 is 5.59. The Morgan fingerprint density at radius 3 is 2.57 bits per heavy atom. The predicted molar refractivity (Wildman–Crippen MR) is 84.0 cm³/mol. The average molecular weight is 311 g/mol. The van der Waals surface area contributed by atoms with Crippen LogP contribution in [0.2, 0.25) is 0 Å². The van der Waals surface area contributed by atoms with Crippen LogP contribution in [0.5, 0.6) is 11.6 Å². The van der Waals surface area contributed by atoms with E-state index in [0.717, 1.165) is 0 Å². The molecular formula is C17H17N3O3. The summed E-state index contributed by atoms with van der Waals surface area (Å²) in [6.07, 6.45) is 2.10. The van der Waals surface area contributed by atoms with Crippen molar-refractivity contribution >= 4 is 11.8 Å². The van der Waals surface area contributed by atoms with Crippen molar-refractivity contribution in [2.45, 2.75) is 6.42 Å². The number of hydrogen-bond acceptors (Lipinski definition) is 4. The maximum Gasteiger partial charge on any atom is 0.255 e. The van der Waals surface area contributed by atoms with Crippen LogP contribution in [0.1, 0.15) is 16.8 Å². The molecule has 1 aliphatic rings. The second-order valence-electron chi connectivity index (χ2n) is 5.44. The van der Waals surface area contributed by atoms with Crippen LogP contribution in [0.25, 0.3) is 0 Å². The molecule has 0 unspecified atom stereocenters. The lowest BCUT2D eigenvalue weighted by atomic mass is 10.1. The second-order valence-corrected chi connectivity index (χ2v) is 5.44. The standard InChI is InChI=1S/C17H17N3O3/c18-16(21)13-8-9-20(11-13)17(22)12-6-7-15(19-10-12)23-14-4-2-1-3-5-14/h1-7,10,13H,8-9,11H2,(H2,18,21)/t13-/m1/s1. The van der Waals surface area contributed by atoms with Crippen LogP contribution in [-0.2, 0) is 4.79 Å². The summed E-state index contributed by atoms with van der Waals surface area (Å²) >= 11 is 0. The molecule has 3 rings (SSSR count). The maximum atomic E-state index is 12.4. The monoisotopic (exact) mass is 311 g/mol. The molecule has 6 heteroatoms. The lowest BCUT2D eigenvalue weighted by Crippen LogP contribution is -2.31. The number of amides is 2. The van der Waals surface area contributed by atoms with E-state index < -0.39 is 0 Å². The summed E-state index contributed by atoms with van der Waals surface area (Å²) in [7, 11) is 0. The van der Waals surface area contributed by atoms with Gasteiger partial charge < -0.3 is 15.4 Å². The number of hydrogen-bond donors (Lipinski definition) is 1. The molecule has 0 spiro atoms. The van der Waals surface area contributed by atoms with Gasteiger partial charge in [0.05, 0.1) is 11.5 Å². The van der Waals surface area contributed by atoms with E-state index in [0.29, 0.717) is 36.7 Å². The van der Waals surface area contributed by atoms with E-state index in [2.05, 4.69) is 4.98 Å². The number of carbonyl (C=O) groups excluding carboxylic acids is 2.